The molecular formula is C34H52Cl2N4O10. The van der Waals surface area contributed by atoms with Gasteiger partial charge in [-0.3, -0.25) is 14.4 Å². The summed E-state index contributed by atoms with van der Waals surface area (Å²) < 4.78 is 27.3. The molecule has 1 aliphatic rings. The molecule has 4 N–H and O–H groups in total. The zero-order chi connectivity index (χ0) is 36.6. The number of ether oxygens (including phenoxy) is 5. The van der Waals surface area contributed by atoms with Crippen molar-refractivity contribution in [3.63, 3.8) is 0 Å². The number of benzene rings is 1. The Morgan fingerprint density at radius 2 is 1.50 bits per heavy atom. The molecule has 0 aliphatic carbocycles. The van der Waals surface area contributed by atoms with Crippen molar-refractivity contribution < 1.29 is 48.0 Å². The first-order valence-electron chi connectivity index (χ1n) is 17.0. The molecule has 1 saturated heterocycles. The van der Waals surface area contributed by atoms with Crippen molar-refractivity contribution >= 4 is 52.6 Å². The Hall–Kier alpha value is -2.85. The van der Waals surface area contributed by atoms with Crippen LogP contribution in [0.5, 0.6) is 0 Å². The number of halogens is 2. The monoisotopic (exact) mass is 746 g/mol. The van der Waals surface area contributed by atoms with Gasteiger partial charge in [0.05, 0.1) is 64.8 Å². The Kier molecular flexibility index (Phi) is 22.5. The second kappa shape index (κ2) is 26.0. The van der Waals surface area contributed by atoms with E-state index in [2.05, 4.69) is 10.6 Å². The van der Waals surface area contributed by atoms with E-state index in [-0.39, 0.29) is 44.9 Å². The first-order valence-corrected chi connectivity index (χ1v) is 17.9. The van der Waals surface area contributed by atoms with Crippen LogP contribution in [0.1, 0.15) is 63.5 Å². The molecule has 0 saturated carbocycles. The van der Waals surface area contributed by atoms with Crippen molar-refractivity contribution in [3.05, 3.63) is 34.9 Å². The number of rotatable bonds is 27. The van der Waals surface area contributed by atoms with E-state index in [0.29, 0.717) is 56.1 Å². The van der Waals surface area contributed by atoms with Crippen molar-refractivity contribution in [2.75, 3.05) is 78.4 Å². The highest BCUT2D eigenvalue weighted by Gasteiger charge is 2.40. The van der Waals surface area contributed by atoms with Crippen LogP contribution in [0.3, 0.4) is 0 Å². The van der Waals surface area contributed by atoms with Crippen LogP contribution in [0.15, 0.2) is 24.3 Å². The Balaban J connectivity index is 1.67. The summed E-state index contributed by atoms with van der Waals surface area (Å²) in [5.74, 6) is -0.921. The fourth-order valence-electron chi connectivity index (χ4n) is 5.00. The van der Waals surface area contributed by atoms with E-state index in [1.807, 2.05) is 0 Å². The molecule has 0 bridgehead atoms. The third kappa shape index (κ3) is 18.9. The number of carbonyl (C=O) groups is 4. The lowest BCUT2D eigenvalue weighted by Crippen LogP contribution is -2.48. The normalized spacial score (nSPS) is 16.2. The molecule has 3 amide bonds. The number of β-amino-alcohol motifs (C(OH)–C–C–N with tert-alkyl or cyclic N) is 1. The number of aliphatic hydroxyl groups excluding tert-OH is 1. The summed E-state index contributed by atoms with van der Waals surface area (Å²) in [5.41, 5.74) is 0.719. The number of ketones is 1. The molecule has 0 radical (unpaired) electrons. The summed E-state index contributed by atoms with van der Waals surface area (Å²) in [6, 6.07) is 4.76. The molecule has 2 rings (SSSR count). The molecule has 1 aromatic carbocycles. The number of hydrogen-bond acceptors (Lipinski definition) is 11. The van der Waals surface area contributed by atoms with Crippen LogP contribution < -0.4 is 10.6 Å². The lowest BCUT2D eigenvalue weighted by molar-refractivity contribution is -0.141. The average Bonchev–Trinajstić information content (AvgIpc) is 3.48. The summed E-state index contributed by atoms with van der Waals surface area (Å²) in [6.45, 7) is 4.91. The van der Waals surface area contributed by atoms with Crippen molar-refractivity contribution in [1.82, 2.24) is 15.5 Å². The number of nitrogens with zero attached hydrogens (tertiary/aromatic N) is 1. The van der Waals surface area contributed by atoms with Gasteiger partial charge in [0.1, 0.15) is 18.4 Å². The topological polar surface area (TPSA) is 186 Å². The van der Waals surface area contributed by atoms with E-state index < -0.39 is 48.3 Å². The van der Waals surface area contributed by atoms with Crippen LogP contribution in [0.25, 0.3) is 0 Å². The number of nitrogens with one attached hydrogen (secondary N) is 3. The molecule has 1 heterocycles. The van der Waals surface area contributed by atoms with Crippen LogP contribution in [-0.4, -0.2) is 130 Å². The van der Waals surface area contributed by atoms with Crippen LogP contribution in [-0.2, 0) is 38.1 Å². The second-order valence-corrected chi connectivity index (χ2v) is 12.6. The maximum absolute atomic E-state index is 13.4. The highest BCUT2D eigenvalue weighted by atomic mass is 35.5. The Morgan fingerprint density at radius 1 is 0.900 bits per heavy atom. The number of unbranched alkanes of at least 4 members (excludes halogenated alkanes) is 3. The maximum Gasteiger partial charge on any atom is 0.407 e. The quantitative estimate of drug-likeness (QED) is 0.0450. The fourth-order valence-corrected chi connectivity index (χ4v) is 5.31. The minimum absolute atomic E-state index is 0.0189. The average molecular weight is 748 g/mol. The van der Waals surface area contributed by atoms with E-state index in [9.17, 15) is 24.3 Å². The van der Waals surface area contributed by atoms with Gasteiger partial charge in [-0.05, 0) is 37.5 Å². The van der Waals surface area contributed by atoms with Gasteiger partial charge in [-0.25, -0.2) is 4.79 Å². The van der Waals surface area contributed by atoms with Crippen molar-refractivity contribution in [1.29, 1.82) is 5.41 Å². The molecule has 282 valence electrons. The zero-order valence-corrected chi connectivity index (χ0v) is 30.3. The number of carbonyl (C=O) groups excluding carboxylic acids is 4. The summed E-state index contributed by atoms with van der Waals surface area (Å²) >= 11 is 11.7. The first kappa shape index (κ1) is 43.3. The summed E-state index contributed by atoms with van der Waals surface area (Å²) in [7, 11) is 0. The summed E-state index contributed by atoms with van der Waals surface area (Å²) in [6.07, 6.45) is 1.99. The number of hydrogen-bond donors (Lipinski definition) is 4. The van der Waals surface area contributed by atoms with Crippen molar-refractivity contribution in [2.24, 2.45) is 0 Å². The van der Waals surface area contributed by atoms with Crippen LogP contribution >= 0.6 is 23.2 Å². The number of Topliss-reactive ketones (excluding diaryl/α,β-unsaturated/α-hetero) is 1. The summed E-state index contributed by atoms with van der Waals surface area (Å²) in [4.78, 5) is 51.9. The number of aliphatic hydroxyl groups is 1. The fraction of sp³-hybridized carbons (Fsp3) is 0.676. The summed E-state index contributed by atoms with van der Waals surface area (Å²) in [5, 5.41) is 23.6. The van der Waals surface area contributed by atoms with E-state index in [1.54, 1.807) is 24.3 Å². The van der Waals surface area contributed by atoms with Gasteiger partial charge in [0.25, 0.3) is 0 Å². The number of likely N-dealkylation sites (tertiary alicyclic amines) is 1. The molecule has 1 aromatic rings. The van der Waals surface area contributed by atoms with E-state index in [4.69, 9.17) is 52.3 Å². The van der Waals surface area contributed by atoms with E-state index in [0.717, 1.165) is 32.3 Å². The third-order valence-electron chi connectivity index (χ3n) is 7.49. The zero-order valence-electron chi connectivity index (χ0n) is 28.8. The van der Waals surface area contributed by atoms with Gasteiger partial charge in [0.2, 0.25) is 11.8 Å². The van der Waals surface area contributed by atoms with Gasteiger partial charge < -0.3 is 49.7 Å². The second-order valence-electron chi connectivity index (χ2n) is 11.8. The Morgan fingerprint density at radius 3 is 2.12 bits per heavy atom. The van der Waals surface area contributed by atoms with Crippen molar-refractivity contribution in [2.45, 2.75) is 70.1 Å². The molecule has 3 atom stereocenters. The first-order chi connectivity index (χ1) is 24.1. The highest BCUT2D eigenvalue weighted by molar-refractivity contribution is 6.30. The van der Waals surface area contributed by atoms with Gasteiger partial charge in [0.15, 0.2) is 0 Å². The molecule has 16 heteroatoms. The van der Waals surface area contributed by atoms with Crippen LogP contribution in [0.2, 0.25) is 5.02 Å². The predicted octanol–water partition coefficient (Wildman–Crippen LogP) is 3.44. The molecule has 14 nitrogen and oxygen atoms in total. The number of alkyl carbamates (subject to hydrolysis) is 1. The third-order valence-corrected chi connectivity index (χ3v) is 8.01. The van der Waals surface area contributed by atoms with Crippen LogP contribution in [0.4, 0.5) is 4.79 Å². The van der Waals surface area contributed by atoms with Crippen molar-refractivity contribution in [3.8, 4) is 0 Å². The highest BCUT2D eigenvalue weighted by Crippen LogP contribution is 2.22. The smallest absolute Gasteiger partial charge is 0.407 e. The molecule has 50 heavy (non-hydrogen) atoms. The molecule has 1 aliphatic heterocycles. The van der Waals surface area contributed by atoms with Gasteiger partial charge in [0, 0.05) is 49.2 Å². The minimum Gasteiger partial charge on any atom is -0.447 e. The molecular weight excluding hydrogens is 695 g/mol. The SMILES string of the molecule is CC(=N)CC(=O)CC(=O)N1CC(O)CC1C(=O)NC(COC(=O)NCCOCCOCCOCCOCCCCCCCl)c1ccc(Cl)cc1. The molecule has 1 fully saturated rings. The Labute approximate surface area is 304 Å². The number of alkyl halides is 1. The maximum atomic E-state index is 13.4. The van der Waals surface area contributed by atoms with Crippen LogP contribution in [0, 0.1) is 5.41 Å². The van der Waals surface area contributed by atoms with E-state index >= 15 is 0 Å². The predicted molar refractivity (Wildman–Crippen MR) is 188 cm³/mol. The van der Waals surface area contributed by atoms with Gasteiger partial charge >= 0.3 is 6.09 Å². The van der Waals surface area contributed by atoms with Gasteiger partial charge in [-0.15, -0.1) is 11.6 Å². The lowest BCUT2D eigenvalue weighted by atomic mass is 10.1. The van der Waals surface area contributed by atoms with Gasteiger partial charge in [-0.2, -0.15) is 0 Å². The number of amides is 3. The lowest BCUT2D eigenvalue weighted by Gasteiger charge is -2.26. The Bertz CT molecular complexity index is 1180. The van der Waals surface area contributed by atoms with Gasteiger partial charge in [-0.1, -0.05) is 36.6 Å². The standard InChI is InChI=1S/C34H52Cl2N4O10/c1-25(37)20-28(41)22-32(43)40-23-29(42)21-31(40)33(44)39-30(26-6-8-27(36)9-7-26)24-50-34(45)38-11-13-47-15-17-49-19-18-48-16-14-46-12-5-3-2-4-10-35/h6-9,29-31,37,42H,2-5,10-24H2,1H3,(H,38,45)(H,39,44). The largest absolute Gasteiger partial charge is 0.447 e. The molecule has 3 unspecified atom stereocenters. The molecule has 0 spiro atoms. The molecule has 0 aromatic heterocycles. The van der Waals surface area contributed by atoms with E-state index in [1.165, 1.54) is 11.8 Å². The minimum atomic E-state index is -1.03.